The maximum atomic E-state index is 13.1. The van der Waals surface area contributed by atoms with Crippen LogP contribution in [-0.2, 0) is 9.84 Å². The molecule has 28 heavy (non-hydrogen) atoms. The molecule has 1 aromatic heterocycles. The Labute approximate surface area is 166 Å². The largest absolute Gasteiger partial charge is 0.494 e. The molecule has 2 aromatic carbocycles. The zero-order chi connectivity index (χ0) is 20.5. The highest BCUT2D eigenvalue weighted by Gasteiger charge is 2.27. The van der Waals surface area contributed by atoms with Gasteiger partial charge in [-0.25, -0.2) is 8.42 Å². The molecule has 0 amide bonds. The van der Waals surface area contributed by atoms with Crippen molar-refractivity contribution in [2.24, 2.45) is 0 Å². The van der Waals surface area contributed by atoms with Gasteiger partial charge in [0.25, 0.3) is 5.56 Å². The fraction of sp³-hybridized carbons (Fsp3) is 0.105. The lowest BCUT2D eigenvalue weighted by molar-refractivity contribution is 0.410. The number of hydrogen-bond donors (Lipinski definition) is 0. The van der Waals surface area contributed by atoms with Gasteiger partial charge >= 0.3 is 0 Å². The molecule has 0 saturated heterocycles. The van der Waals surface area contributed by atoms with Crippen LogP contribution in [0.1, 0.15) is 11.1 Å². The molecule has 0 bridgehead atoms. The molecule has 0 atom stereocenters. The first kappa shape index (κ1) is 19.6. The number of benzene rings is 2. The van der Waals surface area contributed by atoms with Gasteiger partial charge in [-0.2, -0.15) is 15.0 Å². The van der Waals surface area contributed by atoms with E-state index in [9.17, 15) is 18.5 Å². The van der Waals surface area contributed by atoms with Crippen molar-refractivity contribution in [1.82, 2.24) is 9.78 Å². The van der Waals surface area contributed by atoms with Crippen LogP contribution in [0.3, 0.4) is 0 Å². The molecule has 0 aliphatic carbocycles. The van der Waals surface area contributed by atoms with Gasteiger partial charge in [-0.05, 0) is 43.3 Å². The molecule has 0 aliphatic rings. The molecular weight excluding hydrogens is 402 g/mol. The SMILES string of the molecule is COc1ccccc1-n1nc(S(=O)(=O)c2ccc(Cl)cc2)c(C)c(C#N)c1=O. The van der Waals surface area contributed by atoms with E-state index in [-0.39, 0.29) is 21.7 Å². The second-order valence-electron chi connectivity index (χ2n) is 5.76. The summed E-state index contributed by atoms with van der Waals surface area (Å²) in [5.74, 6) is 0.305. The van der Waals surface area contributed by atoms with Crippen LogP contribution in [0, 0.1) is 18.3 Å². The molecule has 7 nitrogen and oxygen atoms in total. The van der Waals surface area contributed by atoms with Crippen LogP contribution < -0.4 is 10.3 Å². The van der Waals surface area contributed by atoms with Gasteiger partial charge in [0.1, 0.15) is 23.1 Å². The third-order valence-corrected chi connectivity index (χ3v) is 6.14. The molecule has 1 heterocycles. The second kappa shape index (κ2) is 7.46. The first-order valence-corrected chi connectivity index (χ1v) is 9.85. The van der Waals surface area contributed by atoms with E-state index >= 15 is 0 Å². The van der Waals surface area contributed by atoms with Crippen LogP contribution in [0.15, 0.2) is 63.2 Å². The van der Waals surface area contributed by atoms with E-state index in [1.54, 1.807) is 30.3 Å². The molecule has 0 spiro atoms. The number of hydrogen-bond acceptors (Lipinski definition) is 6. The fourth-order valence-electron chi connectivity index (χ4n) is 2.66. The summed E-state index contributed by atoms with van der Waals surface area (Å²) in [4.78, 5) is 12.7. The van der Waals surface area contributed by atoms with Gasteiger partial charge in [0.05, 0.1) is 12.0 Å². The smallest absolute Gasteiger partial charge is 0.289 e. The Hall–Kier alpha value is -3.15. The molecule has 3 rings (SSSR count). The number of sulfone groups is 1. The Kier molecular flexibility index (Phi) is 5.23. The average Bonchev–Trinajstić information content (AvgIpc) is 2.68. The Morgan fingerprint density at radius 2 is 1.79 bits per heavy atom. The van der Waals surface area contributed by atoms with Gasteiger partial charge in [-0.15, -0.1) is 0 Å². The lowest BCUT2D eigenvalue weighted by atomic mass is 10.2. The summed E-state index contributed by atoms with van der Waals surface area (Å²) in [5, 5.41) is 13.5. The summed E-state index contributed by atoms with van der Waals surface area (Å²) in [6.07, 6.45) is 0. The molecule has 0 N–H and O–H groups in total. The number of ether oxygens (including phenoxy) is 1. The third-order valence-electron chi connectivity index (χ3n) is 4.10. The summed E-state index contributed by atoms with van der Waals surface area (Å²) < 4.78 is 32.3. The third kappa shape index (κ3) is 3.26. The standard InChI is InChI=1S/C19H14ClN3O4S/c1-12-15(11-21)19(24)23(16-5-3-4-6-17(16)27-2)22-18(12)28(25,26)14-9-7-13(20)8-10-14/h3-10H,1-2H3. The molecular formula is C19H14ClN3O4S. The number of aromatic nitrogens is 2. The summed E-state index contributed by atoms with van der Waals surface area (Å²) in [6.45, 7) is 1.38. The first-order valence-electron chi connectivity index (χ1n) is 7.99. The van der Waals surface area contributed by atoms with Crippen molar-refractivity contribution in [3.05, 3.63) is 75.0 Å². The maximum Gasteiger partial charge on any atom is 0.289 e. The van der Waals surface area contributed by atoms with Crippen molar-refractivity contribution >= 4 is 21.4 Å². The molecule has 0 saturated carbocycles. The lowest BCUT2D eigenvalue weighted by Gasteiger charge is -2.14. The van der Waals surface area contributed by atoms with Crippen LogP contribution >= 0.6 is 11.6 Å². The van der Waals surface area contributed by atoms with Crippen molar-refractivity contribution in [3.8, 4) is 17.5 Å². The number of nitrogens with zero attached hydrogens (tertiary/aromatic N) is 3. The molecule has 3 aromatic rings. The summed E-state index contributed by atoms with van der Waals surface area (Å²) in [7, 11) is -2.70. The predicted molar refractivity (Wildman–Crippen MR) is 103 cm³/mol. The van der Waals surface area contributed by atoms with E-state index in [4.69, 9.17) is 16.3 Å². The van der Waals surface area contributed by atoms with Gasteiger partial charge in [0.15, 0.2) is 5.03 Å². The van der Waals surface area contributed by atoms with Crippen molar-refractivity contribution in [2.75, 3.05) is 7.11 Å². The van der Waals surface area contributed by atoms with E-state index in [0.717, 1.165) is 4.68 Å². The molecule has 0 unspecified atom stereocenters. The van der Waals surface area contributed by atoms with E-state index in [1.165, 1.54) is 38.3 Å². The zero-order valence-electron chi connectivity index (χ0n) is 14.9. The number of para-hydroxylation sites is 2. The van der Waals surface area contributed by atoms with Gasteiger partial charge in [0.2, 0.25) is 9.84 Å². The van der Waals surface area contributed by atoms with Crippen molar-refractivity contribution < 1.29 is 13.2 Å². The van der Waals surface area contributed by atoms with Gasteiger partial charge in [0, 0.05) is 10.6 Å². The van der Waals surface area contributed by atoms with Crippen molar-refractivity contribution in [3.63, 3.8) is 0 Å². The Bertz CT molecular complexity index is 1260. The summed E-state index contributed by atoms with van der Waals surface area (Å²) in [5.41, 5.74) is -0.847. The van der Waals surface area contributed by atoms with E-state index in [0.29, 0.717) is 10.8 Å². The topological polar surface area (TPSA) is 102 Å². The normalized spacial score (nSPS) is 11.1. The van der Waals surface area contributed by atoms with E-state index in [1.807, 2.05) is 0 Å². The second-order valence-corrected chi connectivity index (χ2v) is 8.06. The van der Waals surface area contributed by atoms with Crippen LogP contribution in [0.4, 0.5) is 0 Å². The highest BCUT2D eigenvalue weighted by molar-refractivity contribution is 7.91. The average molecular weight is 416 g/mol. The van der Waals surface area contributed by atoms with Crippen molar-refractivity contribution in [2.45, 2.75) is 16.8 Å². The van der Waals surface area contributed by atoms with E-state index < -0.39 is 20.4 Å². The monoisotopic (exact) mass is 415 g/mol. The summed E-state index contributed by atoms with van der Waals surface area (Å²) >= 11 is 5.83. The molecule has 142 valence electrons. The van der Waals surface area contributed by atoms with Gasteiger partial charge < -0.3 is 4.74 Å². The zero-order valence-corrected chi connectivity index (χ0v) is 16.5. The number of nitriles is 1. The Balaban J connectivity index is 2.36. The predicted octanol–water partition coefficient (Wildman–Crippen LogP) is 2.91. The Morgan fingerprint density at radius 1 is 1.14 bits per heavy atom. The minimum absolute atomic E-state index is 0.0198. The fourth-order valence-corrected chi connectivity index (χ4v) is 4.20. The molecule has 0 radical (unpaired) electrons. The van der Waals surface area contributed by atoms with E-state index in [2.05, 4.69) is 5.10 Å². The Morgan fingerprint density at radius 3 is 2.39 bits per heavy atom. The number of methoxy groups -OCH3 is 1. The first-order chi connectivity index (χ1) is 13.3. The van der Waals surface area contributed by atoms with Gasteiger partial charge in [-0.1, -0.05) is 23.7 Å². The highest BCUT2D eigenvalue weighted by Crippen LogP contribution is 2.26. The minimum Gasteiger partial charge on any atom is -0.494 e. The van der Waals surface area contributed by atoms with Crippen LogP contribution in [0.2, 0.25) is 5.02 Å². The summed E-state index contributed by atoms with van der Waals surface area (Å²) in [6, 6.07) is 13.8. The molecule has 0 aliphatic heterocycles. The number of halogens is 1. The molecule has 0 fully saturated rings. The highest BCUT2D eigenvalue weighted by atomic mass is 35.5. The van der Waals surface area contributed by atoms with Gasteiger partial charge in [-0.3, -0.25) is 4.79 Å². The maximum absolute atomic E-state index is 13.1. The van der Waals surface area contributed by atoms with Crippen LogP contribution in [-0.4, -0.2) is 25.3 Å². The quantitative estimate of drug-likeness (QED) is 0.649. The van der Waals surface area contributed by atoms with Crippen LogP contribution in [0.25, 0.3) is 5.69 Å². The minimum atomic E-state index is -4.11. The number of rotatable bonds is 4. The lowest BCUT2D eigenvalue weighted by Crippen LogP contribution is -2.28. The molecule has 9 heteroatoms. The van der Waals surface area contributed by atoms with Crippen LogP contribution in [0.5, 0.6) is 5.75 Å². The van der Waals surface area contributed by atoms with Crippen molar-refractivity contribution in [1.29, 1.82) is 5.26 Å².